The standard InChI is InChI=1S/C26H28FN3O3/c1-17-12-18(2)25(19(3)13-17)29-24(31)15-30(4)26(32)28-22-6-5-7-23(14-22)33-16-20-8-10-21(27)11-9-20/h5-14H,15-16H2,1-4H3,(H,28,32)(H,29,31). The molecular weight excluding hydrogens is 421 g/mol. The van der Waals surface area contributed by atoms with Gasteiger partial charge in [0, 0.05) is 24.5 Å². The Morgan fingerprint density at radius 3 is 2.27 bits per heavy atom. The summed E-state index contributed by atoms with van der Waals surface area (Å²) in [4.78, 5) is 26.4. The Morgan fingerprint density at radius 2 is 1.61 bits per heavy atom. The van der Waals surface area contributed by atoms with E-state index in [1.165, 1.54) is 17.0 Å². The minimum Gasteiger partial charge on any atom is -0.489 e. The highest BCUT2D eigenvalue weighted by molar-refractivity contribution is 5.97. The molecule has 33 heavy (non-hydrogen) atoms. The summed E-state index contributed by atoms with van der Waals surface area (Å²) in [5.41, 5.74) is 5.22. The summed E-state index contributed by atoms with van der Waals surface area (Å²) in [5, 5.41) is 5.66. The number of halogens is 1. The molecule has 0 aliphatic heterocycles. The van der Waals surface area contributed by atoms with Crippen molar-refractivity contribution < 1.29 is 18.7 Å². The van der Waals surface area contributed by atoms with E-state index >= 15 is 0 Å². The molecule has 3 rings (SSSR count). The predicted octanol–water partition coefficient (Wildman–Crippen LogP) is 5.43. The summed E-state index contributed by atoms with van der Waals surface area (Å²) in [6, 6.07) is 16.6. The van der Waals surface area contributed by atoms with Gasteiger partial charge in [0.1, 0.15) is 24.7 Å². The van der Waals surface area contributed by atoms with Crippen molar-refractivity contribution in [1.29, 1.82) is 0 Å². The molecule has 0 spiro atoms. The molecule has 3 aromatic carbocycles. The van der Waals surface area contributed by atoms with E-state index in [1.807, 2.05) is 32.9 Å². The molecule has 0 atom stereocenters. The number of ether oxygens (including phenoxy) is 1. The molecule has 0 radical (unpaired) electrons. The fourth-order valence-electron chi connectivity index (χ4n) is 3.47. The van der Waals surface area contributed by atoms with Gasteiger partial charge in [0.25, 0.3) is 0 Å². The zero-order chi connectivity index (χ0) is 24.0. The van der Waals surface area contributed by atoms with Crippen molar-refractivity contribution >= 4 is 23.3 Å². The minimum absolute atomic E-state index is 0.0979. The van der Waals surface area contributed by atoms with Crippen LogP contribution in [0.4, 0.5) is 20.6 Å². The molecular formula is C26H28FN3O3. The number of aryl methyl sites for hydroxylation is 3. The largest absolute Gasteiger partial charge is 0.489 e. The first-order valence-corrected chi connectivity index (χ1v) is 10.6. The summed E-state index contributed by atoms with van der Waals surface area (Å²) in [5.74, 6) is -0.0210. The van der Waals surface area contributed by atoms with Crippen LogP contribution in [0.2, 0.25) is 0 Å². The third kappa shape index (κ3) is 6.80. The van der Waals surface area contributed by atoms with Crippen LogP contribution in [0.25, 0.3) is 0 Å². The van der Waals surface area contributed by atoms with Crippen molar-refractivity contribution in [1.82, 2.24) is 4.90 Å². The minimum atomic E-state index is -0.418. The Morgan fingerprint density at radius 1 is 0.939 bits per heavy atom. The molecule has 0 aliphatic rings. The van der Waals surface area contributed by atoms with Crippen LogP contribution in [0.15, 0.2) is 60.7 Å². The lowest BCUT2D eigenvalue weighted by Crippen LogP contribution is -2.37. The van der Waals surface area contributed by atoms with E-state index in [-0.39, 0.29) is 24.9 Å². The maximum Gasteiger partial charge on any atom is 0.322 e. The van der Waals surface area contributed by atoms with Gasteiger partial charge in [-0.3, -0.25) is 4.79 Å². The molecule has 7 heteroatoms. The Kier molecular flexibility index (Phi) is 7.66. The van der Waals surface area contributed by atoms with Gasteiger partial charge in [0.05, 0.1) is 0 Å². The summed E-state index contributed by atoms with van der Waals surface area (Å²) < 4.78 is 18.7. The fourth-order valence-corrected chi connectivity index (χ4v) is 3.47. The Balaban J connectivity index is 1.54. The first-order valence-electron chi connectivity index (χ1n) is 10.6. The topological polar surface area (TPSA) is 70.7 Å². The maximum atomic E-state index is 13.0. The van der Waals surface area contributed by atoms with Crippen LogP contribution < -0.4 is 15.4 Å². The molecule has 0 heterocycles. The summed E-state index contributed by atoms with van der Waals surface area (Å²) in [7, 11) is 1.55. The van der Waals surface area contributed by atoms with Crippen molar-refractivity contribution in [2.75, 3.05) is 24.2 Å². The molecule has 3 aromatic rings. The number of carbonyl (C=O) groups excluding carboxylic acids is 2. The van der Waals surface area contributed by atoms with Gasteiger partial charge >= 0.3 is 6.03 Å². The van der Waals surface area contributed by atoms with E-state index in [4.69, 9.17) is 4.74 Å². The van der Waals surface area contributed by atoms with Gasteiger partial charge in [-0.25, -0.2) is 9.18 Å². The normalized spacial score (nSPS) is 10.5. The van der Waals surface area contributed by atoms with Crippen molar-refractivity contribution in [3.05, 3.63) is 88.7 Å². The first kappa shape index (κ1) is 23.8. The van der Waals surface area contributed by atoms with E-state index in [0.29, 0.717) is 11.4 Å². The first-order chi connectivity index (χ1) is 15.7. The lowest BCUT2D eigenvalue weighted by atomic mass is 10.1. The fraction of sp³-hybridized carbons (Fsp3) is 0.231. The van der Waals surface area contributed by atoms with Crippen LogP contribution in [0, 0.1) is 26.6 Å². The van der Waals surface area contributed by atoms with Crippen molar-refractivity contribution in [2.24, 2.45) is 0 Å². The van der Waals surface area contributed by atoms with Gasteiger partial charge in [0.15, 0.2) is 0 Å². The number of rotatable bonds is 7. The summed E-state index contributed by atoms with van der Waals surface area (Å²) in [6.07, 6.45) is 0. The SMILES string of the molecule is Cc1cc(C)c(NC(=O)CN(C)C(=O)Nc2cccc(OCc3ccc(F)cc3)c2)c(C)c1. The van der Waals surface area contributed by atoms with Crippen LogP contribution in [0.5, 0.6) is 5.75 Å². The van der Waals surface area contributed by atoms with Crippen molar-refractivity contribution in [2.45, 2.75) is 27.4 Å². The molecule has 0 unspecified atom stereocenters. The Bertz CT molecular complexity index is 1120. The predicted molar refractivity (Wildman–Crippen MR) is 128 cm³/mol. The Hall–Kier alpha value is -3.87. The smallest absolute Gasteiger partial charge is 0.322 e. The molecule has 0 aliphatic carbocycles. The van der Waals surface area contributed by atoms with Gasteiger partial charge in [-0.1, -0.05) is 35.9 Å². The van der Waals surface area contributed by atoms with Crippen molar-refractivity contribution in [3.63, 3.8) is 0 Å². The summed E-state index contributed by atoms with van der Waals surface area (Å²) in [6.45, 7) is 6.07. The number of amides is 3. The molecule has 0 bridgehead atoms. The zero-order valence-electron chi connectivity index (χ0n) is 19.2. The van der Waals surface area contributed by atoms with Crippen LogP contribution in [-0.2, 0) is 11.4 Å². The van der Waals surface area contributed by atoms with Crippen LogP contribution in [0.3, 0.4) is 0 Å². The van der Waals surface area contributed by atoms with E-state index in [2.05, 4.69) is 10.6 Å². The number of carbonyl (C=O) groups is 2. The highest BCUT2D eigenvalue weighted by Crippen LogP contribution is 2.22. The van der Waals surface area contributed by atoms with Crippen LogP contribution in [0.1, 0.15) is 22.3 Å². The average Bonchev–Trinajstić information content (AvgIpc) is 2.76. The van der Waals surface area contributed by atoms with E-state index in [9.17, 15) is 14.0 Å². The second kappa shape index (κ2) is 10.6. The number of anilines is 2. The monoisotopic (exact) mass is 449 g/mol. The van der Waals surface area contributed by atoms with Gasteiger partial charge in [0.2, 0.25) is 5.91 Å². The number of hydrogen-bond acceptors (Lipinski definition) is 3. The number of likely N-dealkylation sites (N-methyl/N-ethyl adjacent to an activating group) is 1. The quantitative estimate of drug-likeness (QED) is 0.505. The highest BCUT2D eigenvalue weighted by Gasteiger charge is 2.15. The lowest BCUT2D eigenvalue weighted by molar-refractivity contribution is -0.116. The molecule has 3 amide bonds. The number of nitrogens with one attached hydrogen (secondary N) is 2. The maximum absolute atomic E-state index is 13.0. The van der Waals surface area contributed by atoms with Crippen LogP contribution in [-0.4, -0.2) is 30.4 Å². The average molecular weight is 450 g/mol. The molecule has 0 saturated carbocycles. The third-order valence-corrected chi connectivity index (χ3v) is 5.07. The number of benzene rings is 3. The molecule has 172 valence electrons. The number of nitrogens with zero attached hydrogens (tertiary/aromatic N) is 1. The molecule has 0 fully saturated rings. The van der Waals surface area contributed by atoms with E-state index in [1.54, 1.807) is 43.4 Å². The lowest BCUT2D eigenvalue weighted by Gasteiger charge is -2.19. The number of hydrogen-bond donors (Lipinski definition) is 2. The zero-order valence-corrected chi connectivity index (χ0v) is 19.2. The van der Waals surface area contributed by atoms with E-state index < -0.39 is 6.03 Å². The van der Waals surface area contributed by atoms with Gasteiger partial charge in [-0.2, -0.15) is 0 Å². The molecule has 2 N–H and O–H groups in total. The van der Waals surface area contributed by atoms with Gasteiger partial charge in [-0.15, -0.1) is 0 Å². The van der Waals surface area contributed by atoms with Crippen LogP contribution >= 0.6 is 0 Å². The number of urea groups is 1. The second-order valence-corrected chi connectivity index (χ2v) is 8.05. The van der Waals surface area contributed by atoms with Crippen molar-refractivity contribution in [3.8, 4) is 5.75 Å². The second-order valence-electron chi connectivity index (χ2n) is 8.05. The van der Waals surface area contributed by atoms with Gasteiger partial charge in [-0.05, 0) is 61.7 Å². The Labute approximate surface area is 193 Å². The molecule has 0 saturated heterocycles. The third-order valence-electron chi connectivity index (χ3n) is 5.07. The highest BCUT2D eigenvalue weighted by atomic mass is 19.1. The summed E-state index contributed by atoms with van der Waals surface area (Å²) >= 11 is 0. The molecule has 6 nitrogen and oxygen atoms in total. The molecule has 0 aromatic heterocycles. The van der Waals surface area contributed by atoms with Gasteiger partial charge < -0.3 is 20.3 Å². The van der Waals surface area contributed by atoms with E-state index in [0.717, 1.165) is 27.9 Å².